The molecule has 102 valence electrons. The number of nitrogens with zero attached hydrogens (tertiary/aromatic N) is 2. The quantitative estimate of drug-likeness (QED) is 0.793. The molecule has 19 heavy (non-hydrogen) atoms. The Kier molecular flexibility index (Phi) is 3.17. The number of rotatable bonds is 3. The Labute approximate surface area is 121 Å². The number of sulfonamides is 1. The molecule has 1 aliphatic carbocycles. The Balaban J connectivity index is 1.94. The minimum absolute atomic E-state index is 0.0748. The first kappa shape index (κ1) is 13.1. The van der Waals surface area contributed by atoms with Gasteiger partial charge in [-0.1, -0.05) is 34.5 Å². The third-order valence-electron chi connectivity index (χ3n) is 3.97. The maximum atomic E-state index is 12.6. The van der Waals surface area contributed by atoms with E-state index in [4.69, 9.17) is 0 Å². The van der Waals surface area contributed by atoms with Crippen LogP contribution >= 0.6 is 15.9 Å². The van der Waals surface area contributed by atoms with Gasteiger partial charge in [-0.2, -0.15) is 0 Å². The minimum Gasteiger partial charge on any atom is -0.256 e. The van der Waals surface area contributed by atoms with Crippen molar-refractivity contribution >= 4 is 38.0 Å². The lowest BCUT2D eigenvalue weighted by Gasteiger charge is -2.43. The van der Waals surface area contributed by atoms with Crippen LogP contribution in [0, 0.1) is 5.41 Å². The highest BCUT2D eigenvalue weighted by Gasteiger charge is 2.41. The van der Waals surface area contributed by atoms with E-state index in [9.17, 15) is 8.42 Å². The lowest BCUT2D eigenvalue weighted by molar-refractivity contribution is 0.152. The largest absolute Gasteiger partial charge is 0.267 e. The number of halogens is 1. The van der Waals surface area contributed by atoms with Crippen molar-refractivity contribution in [1.29, 1.82) is 0 Å². The van der Waals surface area contributed by atoms with E-state index in [1.54, 1.807) is 24.3 Å². The molecule has 0 saturated heterocycles. The second-order valence-electron chi connectivity index (χ2n) is 5.25. The maximum Gasteiger partial charge on any atom is 0.267 e. The molecule has 3 rings (SSSR count). The average Bonchev–Trinajstić information content (AvgIpc) is 2.36. The third-order valence-corrected chi connectivity index (χ3v) is 6.90. The Morgan fingerprint density at radius 1 is 1.32 bits per heavy atom. The van der Waals surface area contributed by atoms with E-state index in [1.165, 1.54) is 17.1 Å². The van der Waals surface area contributed by atoms with E-state index in [0.29, 0.717) is 17.1 Å². The van der Waals surface area contributed by atoms with Crippen molar-refractivity contribution in [3.05, 3.63) is 24.3 Å². The van der Waals surface area contributed by atoms with Gasteiger partial charge < -0.3 is 0 Å². The van der Waals surface area contributed by atoms with Crippen LogP contribution in [-0.4, -0.2) is 30.9 Å². The normalized spacial score (nSPS) is 22.7. The number of hydrogen-bond donors (Lipinski definition) is 0. The zero-order valence-corrected chi connectivity index (χ0v) is 12.8. The van der Waals surface area contributed by atoms with Crippen molar-refractivity contribution in [3.63, 3.8) is 0 Å². The van der Waals surface area contributed by atoms with E-state index in [2.05, 4.69) is 20.9 Å². The molecule has 1 heterocycles. The number of aliphatic imine (C=N–C) groups is 1. The summed E-state index contributed by atoms with van der Waals surface area (Å²) in [6.07, 6.45) is 4.77. The highest BCUT2D eigenvalue weighted by atomic mass is 79.9. The van der Waals surface area contributed by atoms with E-state index in [1.807, 2.05) is 0 Å². The SMILES string of the molecule is O=S1(=O)c2ccccc2N=CN1CC1(CBr)CCC1. The van der Waals surface area contributed by atoms with E-state index >= 15 is 0 Å². The highest BCUT2D eigenvalue weighted by molar-refractivity contribution is 9.09. The average molecular weight is 343 g/mol. The Hall–Kier alpha value is -0.880. The third kappa shape index (κ3) is 2.10. The summed E-state index contributed by atoms with van der Waals surface area (Å²) in [7, 11) is -3.44. The van der Waals surface area contributed by atoms with Crippen molar-refractivity contribution in [2.24, 2.45) is 10.4 Å². The summed E-state index contributed by atoms with van der Waals surface area (Å²) in [5, 5.41) is 0.835. The van der Waals surface area contributed by atoms with Crippen LogP contribution in [0.4, 0.5) is 5.69 Å². The molecule has 6 heteroatoms. The molecule has 1 saturated carbocycles. The standard InChI is InChI=1S/C13H15BrN2O2S/c14-8-13(6-3-7-13)9-16-10-15-11-4-1-2-5-12(11)19(16,17)18/h1-2,4-5,10H,3,6-9H2. The molecule has 2 aliphatic rings. The van der Waals surface area contributed by atoms with Crippen molar-refractivity contribution in [1.82, 2.24) is 4.31 Å². The highest BCUT2D eigenvalue weighted by Crippen LogP contribution is 2.44. The molecule has 1 aromatic carbocycles. The van der Waals surface area contributed by atoms with E-state index < -0.39 is 10.0 Å². The van der Waals surface area contributed by atoms with Crippen LogP contribution in [0.2, 0.25) is 0 Å². The molecule has 0 radical (unpaired) electrons. The smallest absolute Gasteiger partial charge is 0.256 e. The van der Waals surface area contributed by atoms with Crippen LogP contribution in [0.1, 0.15) is 19.3 Å². The first-order chi connectivity index (χ1) is 9.07. The van der Waals surface area contributed by atoms with Gasteiger partial charge in [0.15, 0.2) is 0 Å². The fourth-order valence-electron chi connectivity index (χ4n) is 2.56. The zero-order valence-electron chi connectivity index (χ0n) is 10.4. The Morgan fingerprint density at radius 2 is 2.05 bits per heavy atom. The molecule has 0 bridgehead atoms. The summed E-state index contributed by atoms with van der Waals surface area (Å²) in [5.41, 5.74) is 0.603. The van der Waals surface area contributed by atoms with Crippen molar-refractivity contribution in [2.45, 2.75) is 24.2 Å². The Morgan fingerprint density at radius 3 is 2.68 bits per heavy atom. The first-order valence-electron chi connectivity index (χ1n) is 6.29. The van der Waals surface area contributed by atoms with Gasteiger partial charge >= 0.3 is 0 Å². The van der Waals surface area contributed by atoms with Gasteiger partial charge in [-0.05, 0) is 30.4 Å². The zero-order chi connectivity index (χ0) is 13.5. The lowest BCUT2D eigenvalue weighted by Crippen LogP contribution is -2.46. The molecular weight excluding hydrogens is 328 g/mol. The van der Waals surface area contributed by atoms with Crippen molar-refractivity contribution in [2.75, 3.05) is 11.9 Å². The van der Waals surface area contributed by atoms with Crippen LogP contribution in [0.25, 0.3) is 0 Å². The number of alkyl halides is 1. The molecule has 0 N–H and O–H groups in total. The molecule has 1 aromatic rings. The van der Waals surface area contributed by atoms with Crippen LogP contribution in [0.3, 0.4) is 0 Å². The summed E-state index contributed by atoms with van der Waals surface area (Å²) in [6, 6.07) is 6.88. The van der Waals surface area contributed by atoms with Crippen LogP contribution in [0.5, 0.6) is 0 Å². The predicted molar refractivity (Wildman–Crippen MR) is 78.6 cm³/mol. The molecule has 0 amide bonds. The van der Waals surface area contributed by atoms with Gasteiger partial charge in [0.05, 0.1) is 5.69 Å². The molecule has 0 aromatic heterocycles. The van der Waals surface area contributed by atoms with Crippen LogP contribution < -0.4 is 0 Å². The number of hydrogen-bond acceptors (Lipinski definition) is 3. The molecule has 1 fully saturated rings. The number of para-hydroxylation sites is 1. The lowest BCUT2D eigenvalue weighted by atomic mass is 9.70. The predicted octanol–water partition coefficient (Wildman–Crippen LogP) is 2.92. The van der Waals surface area contributed by atoms with E-state index in [0.717, 1.165) is 18.2 Å². The summed E-state index contributed by atoms with van der Waals surface area (Å²) in [4.78, 5) is 4.56. The van der Waals surface area contributed by atoms with Crippen molar-refractivity contribution < 1.29 is 8.42 Å². The number of fused-ring (bicyclic) bond motifs is 1. The fraction of sp³-hybridized carbons (Fsp3) is 0.462. The fourth-order valence-corrected chi connectivity index (χ4v) is 4.81. The van der Waals surface area contributed by atoms with Crippen LogP contribution in [0.15, 0.2) is 34.2 Å². The number of benzene rings is 1. The molecule has 0 spiro atoms. The monoisotopic (exact) mass is 342 g/mol. The van der Waals surface area contributed by atoms with E-state index in [-0.39, 0.29) is 5.41 Å². The summed E-state index contributed by atoms with van der Waals surface area (Å²) in [6.45, 7) is 0.512. The molecular formula is C13H15BrN2O2S. The topological polar surface area (TPSA) is 49.7 Å². The second-order valence-corrected chi connectivity index (χ2v) is 7.67. The van der Waals surface area contributed by atoms with Gasteiger partial charge in [-0.25, -0.2) is 13.4 Å². The Bertz CT molecular complexity index is 618. The van der Waals surface area contributed by atoms with Gasteiger partial charge in [0.1, 0.15) is 11.2 Å². The van der Waals surface area contributed by atoms with Gasteiger partial charge in [0, 0.05) is 11.9 Å². The van der Waals surface area contributed by atoms with Crippen molar-refractivity contribution in [3.8, 4) is 0 Å². The molecule has 0 unspecified atom stereocenters. The van der Waals surface area contributed by atoms with Gasteiger partial charge in [-0.15, -0.1) is 0 Å². The minimum atomic E-state index is -3.44. The van der Waals surface area contributed by atoms with Gasteiger partial charge in [0.2, 0.25) is 0 Å². The molecule has 1 aliphatic heterocycles. The maximum absolute atomic E-state index is 12.6. The van der Waals surface area contributed by atoms with Gasteiger partial charge in [-0.3, -0.25) is 4.31 Å². The first-order valence-corrected chi connectivity index (χ1v) is 8.85. The summed E-state index contributed by atoms with van der Waals surface area (Å²) >= 11 is 3.51. The van der Waals surface area contributed by atoms with Gasteiger partial charge in [0.25, 0.3) is 10.0 Å². The second kappa shape index (κ2) is 4.59. The molecule has 0 atom stereocenters. The van der Waals surface area contributed by atoms with Crippen LogP contribution in [-0.2, 0) is 10.0 Å². The summed E-state index contributed by atoms with van der Waals surface area (Å²) < 4.78 is 26.5. The summed E-state index contributed by atoms with van der Waals surface area (Å²) in [5.74, 6) is 0. The molecule has 4 nitrogen and oxygen atoms in total.